The van der Waals surface area contributed by atoms with Crippen LogP contribution < -0.4 is 0 Å². The molecule has 2 unspecified atom stereocenters. The van der Waals surface area contributed by atoms with E-state index in [0.29, 0.717) is 25.9 Å². The summed E-state index contributed by atoms with van der Waals surface area (Å²) in [7, 11) is 1.65. The van der Waals surface area contributed by atoms with Crippen molar-refractivity contribution in [1.29, 1.82) is 0 Å². The van der Waals surface area contributed by atoms with Gasteiger partial charge in [0.25, 0.3) is 0 Å². The molecule has 102 valence electrons. The Balaban J connectivity index is 2.16. The maximum atomic E-state index is 9.91. The molecule has 4 heteroatoms. The van der Waals surface area contributed by atoms with E-state index >= 15 is 0 Å². The van der Waals surface area contributed by atoms with Gasteiger partial charge in [-0.15, -0.1) is 0 Å². The van der Waals surface area contributed by atoms with E-state index in [1.165, 1.54) is 25.7 Å². The molecule has 0 aliphatic carbocycles. The lowest BCUT2D eigenvalue weighted by atomic mass is 10.00. The first kappa shape index (κ1) is 14.9. The van der Waals surface area contributed by atoms with Gasteiger partial charge in [0.15, 0.2) is 0 Å². The zero-order valence-electron chi connectivity index (χ0n) is 11.2. The number of likely N-dealkylation sites (tertiary alicyclic amines) is 1. The lowest BCUT2D eigenvalue weighted by molar-refractivity contribution is -0.0112. The maximum absolute atomic E-state index is 9.91. The van der Waals surface area contributed by atoms with Crippen LogP contribution in [0, 0.1) is 0 Å². The van der Waals surface area contributed by atoms with E-state index in [1.807, 2.05) is 0 Å². The number of piperidine rings is 1. The van der Waals surface area contributed by atoms with Crippen LogP contribution in [0.3, 0.4) is 0 Å². The molecule has 1 N–H and O–H groups in total. The zero-order valence-corrected chi connectivity index (χ0v) is 11.2. The fourth-order valence-electron chi connectivity index (χ4n) is 2.45. The van der Waals surface area contributed by atoms with Crippen LogP contribution in [-0.4, -0.2) is 62.2 Å². The fraction of sp³-hybridized carbons (Fsp3) is 1.00. The lowest BCUT2D eigenvalue weighted by Crippen LogP contribution is -2.44. The standard InChI is InChI=1S/C13H27NO3/c1-3-12-6-4-5-7-14(12)10-13(15)11-17-9-8-16-2/h12-13,15H,3-11H2,1-2H3. The third-order valence-electron chi connectivity index (χ3n) is 3.41. The summed E-state index contributed by atoms with van der Waals surface area (Å²) in [4.78, 5) is 2.41. The predicted molar refractivity (Wildman–Crippen MR) is 68.2 cm³/mol. The maximum Gasteiger partial charge on any atom is 0.0900 e. The Bertz CT molecular complexity index is 190. The van der Waals surface area contributed by atoms with Gasteiger partial charge in [-0.05, 0) is 25.8 Å². The molecule has 0 aromatic carbocycles. The topological polar surface area (TPSA) is 41.9 Å². The minimum Gasteiger partial charge on any atom is -0.389 e. The van der Waals surface area contributed by atoms with E-state index in [2.05, 4.69) is 11.8 Å². The Kier molecular flexibility index (Phi) is 7.77. The lowest BCUT2D eigenvalue weighted by Gasteiger charge is -2.36. The molecule has 0 aromatic rings. The average molecular weight is 245 g/mol. The van der Waals surface area contributed by atoms with Crippen LogP contribution in [0.1, 0.15) is 32.6 Å². The van der Waals surface area contributed by atoms with Gasteiger partial charge < -0.3 is 14.6 Å². The highest BCUT2D eigenvalue weighted by Gasteiger charge is 2.22. The highest BCUT2D eigenvalue weighted by Crippen LogP contribution is 2.19. The highest BCUT2D eigenvalue weighted by atomic mass is 16.5. The first-order valence-corrected chi connectivity index (χ1v) is 6.76. The van der Waals surface area contributed by atoms with E-state index in [-0.39, 0.29) is 6.10 Å². The molecule has 1 aliphatic rings. The van der Waals surface area contributed by atoms with Crippen LogP contribution in [-0.2, 0) is 9.47 Å². The van der Waals surface area contributed by atoms with Crippen LogP contribution in [0.15, 0.2) is 0 Å². The third-order valence-corrected chi connectivity index (χ3v) is 3.41. The molecule has 0 radical (unpaired) electrons. The van der Waals surface area contributed by atoms with Crippen LogP contribution in [0.2, 0.25) is 0 Å². The molecule has 0 saturated carbocycles. The molecule has 17 heavy (non-hydrogen) atoms. The Hall–Kier alpha value is -0.160. The van der Waals surface area contributed by atoms with E-state index in [4.69, 9.17) is 9.47 Å². The second-order valence-corrected chi connectivity index (χ2v) is 4.77. The molecule has 1 aliphatic heterocycles. The second kappa shape index (κ2) is 8.86. The van der Waals surface area contributed by atoms with Crippen molar-refractivity contribution in [2.45, 2.75) is 44.8 Å². The summed E-state index contributed by atoms with van der Waals surface area (Å²) >= 11 is 0. The third kappa shape index (κ3) is 5.82. The largest absolute Gasteiger partial charge is 0.389 e. The van der Waals surface area contributed by atoms with Gasteiger partial charge in [0.05, 0.1) is 25.9 Å². The first-order valence-electron chi connectivity index (χ1n) is 6.76. The Morgan fingerprint density at radius 1 is 1.35 bits per heavy atom. The van der Waals surface area contributed by atoms with Crippen molar-refractivity contribution in [3.05, 3.63) is 0 Å². The number of ether oxygens (including phenoxy) is 2. The molecule has 0 amide bonds. The van der Waals surface area contributed by atoms with Crippen molar-refractivity contribution < 1.29 is 14.6 Å². The summed E-state index contributed by atoms with van der Waals surface area (Å²) in [6.07, 6.45) is 4.66. The minimum absolute atomic E-state index is 0.376. The molecule has 2 atom stereocenters. The van der Waals surface area contributed by atoms with Crippen molar-refractivity contribution >= 4 is 0 Å². The number of methoxy groups -OCH3 is 1. The molecule has 4 nitrogen and oxygen atoms in total. The molecule has 0 spiro atoms. The van der Waals surface area contributed by atoms with Gasteiger partial charge in [-0.2, -0.15) is 0 Å². The van der Waals surface area contributed by atoms with Gasteiger partial charge in [0.2, 0.25) is 0 Å². The van der Waals surface area contributed by atoms with Crippen molar-refractivity contribution in [3.63, 3.8) is 0 Å². The van der Waals surface area contributed by atoms with Crippen LogP contribution in [0.25, 0.3) is 0 Å². The van der Waals surface area contributed by atoms with E-state index in [0.717, 1.165) is 13.1 Å². The zero-order chi connectivity index (χ0) is 12.5. The van der Waals surface area contributed by atoms with E-state index in [1.54, 1.807) is 7.11 Å². The molecule has 1 saturated heterocycles. The van der Waals surface area contributed by atoms with Gasteiger partial charge in [-0.3, -0.25) is 4.90 Å². The summed E-state index contributed by atoms with van der Waals surface area (Å²) < 4.78 is 10.2. The van der Waals surface area contributed by atoms with Gasteiger partial charge in [-0.1, -0.05) is 13.3 Å². The predicted octanol–water partition coefficient (Wildman–Crippen LogP) is 1.27. The number of aliphatic hydroxyl groups excluding tert-OH is 1. The van der Waals surface area contributed by atoms with Crippen molar-refractivity contribution in [2.75, 3.05) is 40.0 Å². The number of hydrogen-bond acceptors (Lipinski definition) is 4. The van der Waals surface area contributed by atoms with Crippen LogP contribution in [0.4, 0.5) is 0 Å². The van der Waals surface area contributed by atoms with E-state index < -0.39 is 0 Å². The van der Waals surface area contributed by atoms with Crippen molar-refractivity contribution in [3.8, 4) is 0 Å². The second-order valence-electron chi connectivity index (χ2n) is 4.77. The van der Waals surface area contributed by atoms with Crippen LogP contribution in [0.5, 0.6) is 0 Å². The molecule has 0 bridgehead atoms. The first-order chi connectivity index (χ1) is 8.27. The van der Waals surface area contributed by atoms with Crippen molar-refractivity contribution in [2.24, 2.45) is 0 Å². The molecule has 0 aromatic heterocycles. The van der Waals surface area contributed by atoms with E-state index in [9.17, 15) is 5.11 Å². The van der Waals surface area contributed by atoms with Gasteiger partial charge >= 0.3 is 0 Å². The Morgan fingerprint density at radius 2 is 2.18 bits per heavy atom. The Morgan fingerprint density at radius 3 is 2.88 bits per heavy atom. The molecule has 1 rings (SSSR count). The number of β-amino-alcohol motifs (C(OH)–C–C–N with tert-alkyl or cyclic N) is 1. The summed E-state index contributed by atoms with van der Waals surface area (Å²) in [5.41, 5.74) is 0. The summed E-state index contributed by atoms with van der Waals surface area (Å²) in [5.74, 6) is 0. The quantitative estimate of drug-likeness (QED) is 0.654. The number of aliphatic hydroxyl groups is 1. The van der Waals surface area contributed by atoms with Gasteiger partial charge in [0, 0.05) is 19.7 Å². The molecular weight excluding hydrogens is 218 g/mol. The Labute approximate surface area is 105 Å². The fourth-order valence-corrected chi connectivity index (χ4v) is 2.45. The van der Waals surface area contributed by atoms with Crippen LogP contribution >= 0.6 is 0 Å². The van der Waals surface area contributed by atoms with Gasteiger partial charge in [0.1, 0.15) is 0 Å². The number of hydrogen-bond donors (Lipinski definition) is 1. The van der Waals surface area contributed by atoms with Gasteiger partial charge in [-0.25, -0.2) is 0 Å². The number of rotatable bonds is 8. The summed E-state index contributed by atoms with van der Waals surface area (Å²) in [5, 5.41) is 9.91. The highest BCUT2D eigenvalue weighted by molar-refractivity contribution is 4.77. The van der Waals surface area contributed by atoms with Crippen molar-refractivity contribution in [1.82, 2.24) is 4.90 Å². The molecule has 1 heterocycles. The SMILES string of the molecule is CCC1CCCCN1CC(O)COCCOC. The summed E-state index contributed by atoms with van der Waals surface area (Å²) in [6.45, 7) is 5.65. The average Bonchev–Trinajstić information content (AvgIpc) is 2.35. The monoisotopic (exact) mass is 245 g/mol. The number of nitrogens with zero attached hydrogens (tertiary/aromatic N) is 1. The molecule has 1 fully saturated rings. The molecular formula is C13H27NO3. The normalized spacial score (nSPS) is 23.8. The minimum atomic E-state index is -0.376. The summed E-state index contributed by atoms with van der Waals surface area (Å²) in [6, 6.07) is 0.650. The smallest absolute Gasteiger partial charge is 0.0900 e.